The predicted molar refractivity (Wildman–Crippen MR) is 114 cm³/mol. The van der Waals surface area contributed by atoms with Crippen LogP contribution in [0.15, 0.2) is 55.2 Å². The molecule has 30 heavy (non-hydrogen) atoms. The van der Waals surface area contributed by atoms with E-state index < -0.39 is 0 Å². The topological polar surface area (TPSA) is 95.9 Å². The monoisotopic (exact) mass is 401 g/mol. The molecule has 1 saturated carbocycles. The molecule has 0 radical (unpaired) electrons. The third-order valence-corrected chi connectivity index (χ3v) is 5.46. The number of hydrogen-bond acceptors (Lipinski definition) is 7. The van der Waals surface area contributed by atoms with Gasteiger partial charge < -0.3 is 15.5 Å². The van der Waals surface area contributed by atoms with E-state index in [9.17, 15) is 4.79 Å². The van der Waals surface area contributed by atoms with E-state index in [1.165, 1.54) is 6.33 Å². The summed E-state index contributed by atoms with van der Waals surface area (Å²) in [5, 5.41) is 6.40. The summed E-state index contributed by atoms with van der Waals surface area (Å²) in [6.45, 7) is 1.60. The second-order valence-electron chi connectivity index (χ2n) is 7.75. The zero-order valence-corrected chi connectivity index (χ0v) is 16.5. The maximum absolute atomic E-state index is 13.2. The van der Waals surface area contributed by atoms with Crippen molar-refractivity contribution >= 4 is 23.1 Å². The Hall–Kier alpha value is -3.55. The predicted octanol–water partition coefficient (Wildman–Crippen LogP) is 2.90. The van der Waals surface area contributed by atoms with Gasteiger partial charge in [0, 0.05) is 36.9 Å². The first-order valence-corrected chi connectivity index (χ1v) is 10.3. The minimum atomic E-state index is -0.162. The summed E-state index contributed by atoms with van der Waals surface area (Å²) < 4.78 is 0. The molecule has 0 bridgehead atoms. The van der Waals surface area contributed by atoms with Crippen molar-refractivity contribution in [2.24, 2.45) is 0 Å². The van der Waals surface area contributed by atoms with E-state index in [1.807, 2.05) is 30.3 Å². The zero-order chi connectivity index (χ0) is 20.3. The van der Waals surface area contributed by atoms with Gasteiger partial charge in [-0.25, -0.2) is 19.9 Å². The van der Waals surface area contributed by atoms with Gasteiger partial charge in [-0.3, -0.25) is 4.79 Å². The average molecular weight is 401 g/mol. The Labute approximate surface area is 174 Å². The number of nitrogens with zero attached hydrogens (tertiary/aromatic N) is 5. The molecule has 1 aliphatic heterocycles. The molecule has 2 fully saturated rings. The lowest BCUT2D eigenvalue weighted by Gasteiger charge is -2.18. The number of amides is 1. The van der Waals surface area contributed by atoms with Crippen molar-refractivity contribution in [3.05, 3.63) is 66.6 Å². The van der Waals surface area contributed by atoms with Crippen LogP contribution in [0.25, 0.3) is 0 Å². The van der Waals surface area contributed by atoms with Crippen LogP contribution >= 0.6 is 0 Å². The van der Waals surface area contributed by atoms with Crippen molar-refractivity contribution in [3.63, 3.8) is 0 Å². The van der Waals surface area contributed by atoms with Crippen LogP contribution in [0.1, 0.15) is 41.4 Å². The molecular weight excluding hydrogens is 378 g/mol. The molecule has 8 nitrogen and oxygen atoms in total. The molecule has 2 N–H and O–H groups in total. The Morgan fingerprint density at radius 1 is 1.07 bits per heavy atom. The molecule has 8 heteroatoms. The summed E-state index contributed by atoms with van der Waals surface area (Å²) in [6, 6.07) is 9.86. The third-order valence-electron chi connectivity index (χ3n) is 5.46. The van der Waals surface area contributed by atoms with Crippen molar-refractivity contribution in [2.45, 2.75) is 31.2 Å². The van der Waals surface area contributed by atoms with Gasteiger partial charge >= 0.3 is 0 Å². The SMILES string of the molecule is O=C(N[C@H]1CCN(c2ccccn2)C1)c1nc(C2CC2)ccc1Nc1cncnc1. The van der Waals surface area contributed by atoms with Gasteiger partial charge in [-0.05, 0) is 43.5 Å². The summed E-state index contributed by atoms with van der Waals surface area (Å²) in [5.41, 5.74) is 2.78. The van der Waals surface area contributed by atoms with Gasteiger partial charge in [-0.15, -0.1) is 0 Å². The molecule has 0 unspecified atom stereocenters. The van der Waals surface area contributed by atoms with Crippen molar-refractivity contribution in [3.8, 4) is 0 Å². The lowest BCUT2D eigenvalue weighted by molar-refractivity contribution is 0.0936. The van der Waals surface area contributed by atoms with Crippen LogP contribution in [0.2, 0.25) is 0 Å². The Balaban J connectivity index is 1.33. The number of carbonyl (C=O) groups excluding carboxylic acids is 1. The standard InChI is InChI=1S/C22H23N7O/c30-22(27-16-8-10-29(13-16)20-3-1-2-9-25-20)21-19(26-17-11-23-14-24-12-17)7-6-18(28-21)15-4-5-15/h1-3,6-7,9,11-12,14-16,26H,4-5,8,10,13H2,(H,27,30)/t16-/m0/s1. The van der Waals surface area contributed by atoms with E-state index in [2.05, 4.69) is 30.5 Å². The summed E-state index contributed by atoms with van der Waals surface area (Å²) >= 11 is 0. The highest BCUT2D eigenvalue weighted by atomic mass is 16.2. The first-order valence-electron chi connectivity index (χ1n) is 10.3. The highest BCUT2D eigenvalue weighted by Crippen LogP contribution is 2.39. The van der Waals surface area contributed by atoms with E-state index in [-0.39, 0.29) is 11.9 Å². The van der Waals surface area contributed by atoms with Crippen molar-refractivity contribution in [1.82, 2.24) is 25.3 Å². The Morgan fingerprint density at radius 2 is 1.93 bits per heavy atom. The normalized spacial score (nSPS) is 18.3. The highest BCUT2D eigenvalue weighted by Gasteiger charge is 2.29. The number of nitrogens with one attached hydrogen (secondary N) is 2. The molecule has 1 amide bonds. The quantitative estimate of drug-likeness (QED) is 0.656. The maximum atomic E-state index is 13.2. The van der Waals surface area contributed by atoms with Gasteiger partial charge in [-0.2, -0.15) is 0 Å². The molecule has 0 aromatic carbocycles. The smallest absolute Gasteiger partial charge is 0.272 e. The fourth-order valence-corrected chi connectivity index (χ4v) is 3.75. The maximum Gasteiger partial charge on any atom is 0.272 e. The van der Waals surface area contributed by atoms with Gasteiger partial charge in [0.2, 0.25) is 0 Å². The van der Waals surface area contributed by atoms with Crippen LogP contribution in [-0.2, 0) is 0 Å². The number of rotatable bonds is 6. The molecule has 152 valence electrons. The Morgan fingerprint density at radius 3 is 2.70 bits per heavy atom. The molecule has 1 saturated heterocycles. The molecular formula is C22H23N7O. The van der Waals surface area contributed by atoms with Gasteiger partial charge in [0.15, 0.2) is 5.69 Å². The largest absolute Gasteiger partial charge is 0.354 e. The second-order valence-corrected chi connectivity index (χ2v) is 7.75. The fraction of sp³-hybridized carbons (Fsp3) is 0.318. The molecule has 3 aromatic rings. The lowest BCUT2D eigenvalue weighted by Crippen LogP contribution is -2.38. The number of carbonyl (C=O) groups is 1. The molecule has 3 aromatic heterocycles. The van der Waals surface area contributed by atoms with Gasteiger partial charge in [-0.1, -0.05) is 6.07 Å². The van der Waals surface area contributed by atoms with Crippen molar-refractivity contribution < 1.29 is 4.79 Å². The third kappa shape index (κ3) is 4.07. The summed E-state index contributed by atoms with van der Waals surface area (Å²) in [6.07, 6.45) is 9.75. The van der Waals surface area contributed by atoms with Crippen molar-refractivity contribution in [2.75, 3.05) is 23.3 Å². The van der Waals surface area contributed by atoms with Crippen molar-refractivity contribution in [1.29, 1.82) is 0 Å². The minimum absolute atomic E-state index is 0.0544. The Bertz CT molecular complexity index is 1020. The molecule has 1 aliphatic carbocycles. The molecule has 2 aliphatic rings. The summed E-state index contributed by atoms with van der Waals surface area (Å²) in [5.74, 6) is 1.25. The first-order chi connectivity index (χ1) is 14.8. The van der Waals surface area contributed by atoms with Crippen LogP contribution < -0.4 is 15.5 Å². The van der Waals surface area contributed by atoms with E-state index >= 15 is 0 Å². The first kappa shape index (κ1) is 18.5. The van der Waals surface area contributed by atoms with Crippen LogP contribution in [0.4, 0.5) is 17.2 Å². The highest BCUT2D eigenvalue weighted by molar-refractivity contribution is 5.98. The van der Waals surface area contributed by atoms with Crippen LogP contribution in [0.5, 0.6) is 0 Å². The fourth-order valence-electron chi connectivity index (χ4n) is 3.75. The molecule has 4 heterocycles. The van der Waals surface area contributed by atoms with Gasteiger partial charge in [0.1, 0.15) is 12.1 Å². The summed E-state index contributed by atoms with van der Waals surface area (Å²) in [4.78, 5) is 32.5. The van der Waals surface area contributed by atoms with E-state index in [4.69, 9.17) is 4.98 Å². The number of anilines is 3. The second kappa shape index (κ2) is 8.06. The number of hydrogen-bond donors (Lipinski definition) is 2. The van der Waals surface area contributed by atoms with Gasteiger partial charge in [0.05, 0.1) is 23.8 Å². The molecule has 5 rings (SSSR count). The van der Waals surface area contributed by atoms with E-state index in [0.29, 0.717) is 17.3 Å². The zero-order valence-electron chi connectivity index (χ0n) is 16.5. The van der Waals surface area contributed by atoms with E-state index in [0.717, 1.165) is 49.6 Å². The Kier molecular flexibility index (Phi) is 4.96. The number of aromatic nitrogens is 4. The average Bonchev–Trinajstić information content (AvgIpc) is 3.54. The van der Waals surface area contributed by atoms with E-state index in [1.54, 1.807) is 18.6 Å². The molecule has 0 spiro atoms. The van der Waals surface area contributed by atoms with Crippen LogP contribution in [0.3, 0.4) is 0 Å². The van der Waals surface area contributed by atoms with Gasteiger partial charge in [0.25, 0.3) is 5.91 Å². The summed E-state index contributed by atoms with van der Waals surface area (Å²) in [7, 11) is 0. The minimum Gasteiger partial charge on any atom is -0.354 e. The number of pyridine rings is 2. The molecule has 1 atom stereocenters. The lowest BCUT2D eigenvalue weighted by atomic mass is 10.2. The van der Waals surface area contributed by atoms with Crippen LogP contribution in [0, 0.1) is 0 Å². The van der Waals surface area contributed by atoms with Crippen LogP contribution in [-0.4, -0.2) is 45.0 Å².